The third-order valence-corrected chi connectivity index (χ3v) is 4.37. The minimum absolute atomic E-state index is 0.0125. The van der Waals surface area contributed by atoms with E-state index in [2.05, 4.69) is 5.32 Å². The molecule has 0 aliphatic heterocycles. The average Bonchev–Trinajstić information content (AvgIpc) is 2.77. The van der Waals surface area contributed by atoms with Crippen molar-refractivity contribution in [2.45, 2.75) is 19.6 Å². The van der Waals surface area contributed by atoms with Crippen molar-refractivity contribution in [1.29, 1.82) is 0 Å². The zero-order valence-corrected chi connectivity index (χ0v) is 16.0. The van der Waals surface area contributed by atoms with Crippen molar-refractivity contribution >= 4 is 17.7 Å². The number of Topliss-reactive ketones (excluding diaryl/α,β-unsaturated/α-hetero) is 1. The van der Waals surface area contributed by atoms with Gasteiger partial charge in [-0.25, -0.2) is 4.79 Å². The van der Waals surface area contributed by atoms with Gasteiger partial charge in [0, 0.05) is 11.1 Å². The summed E-state index contributed by atoms with van der Waals surface area (Å²) in [6, 6.07) is 22.9. The predicted molar refractivity (Wildman–Crippen MR) is 109 cm³/mol. The zero-order valence-electron chi connectivity index (χ0n) is 16.0. The summed E-state index contributed by atoms with van der Waals surface area (Å²) in [6.45, 7) is 1.91. The summed E-state index contributed by atoms with van der Waals surface area (Å²) in [5, 5.41) is 2.52. The van der Waals surface area contributed by atoms with Crippen molar-refractivity contribution in [2.75, 3.05) is 0 Å². The third-order valence-electron chi connectivity index (χ3n) is 4.37. The number of rotatable bonds is 7. The first-order valence-corrected chi connectivity index (χ1v) is 9.22. The SMILES string of the molecule is Cc1ccc(C(=O)C(NC(=O)c2ccccc2)C(=O)OCc2ccccc2)cc1. The van der Waals surface area contributed by atoms with Crippen LogP contribution in [0.3, 0.4) is 0 Å². The number of ketones is 1. The second-order valence-electron chi connectivity index (χ2n) is 6.60. The van der Waals surface area contributed by atoms with Gasteiger partial charge in [-0.3, -0.25) is 9.59 Å². The Labute approximate surface area is 169 Å². The van der Waals surface area contributed by atoms with E-state index in [-0.39, 0.29) is 6.61 Å². The van der Waals surface area contributed by atoms with Crippen molar-refractivity contribution in [1.82, 2.24) is 5.32 Å². The number of nitrogens with one attached hydrogen (secondary N) is 1. The van der Waals surface area contributed by atoms with Crippen LogP contribution in [0.25, 0.3) is 0 Å². The second-order valence-corrected chi connectivity index (χ2v) is 6.60. The Hall–Kier alpha value is -3.73. The maximum absolute atomic E-state index is 13.0. The summed E-state index contributed by atoms with van der Waals surface area (Å²) in [6.07, 6.45) is 0. The fourth-order valence-corrected chi connectivity index (χ4v) is 2.73. The second kappa shape index (κ2) is 9.46. The summed E-state index contributed by atoms with van der Waals surface area (Å²) in [5.41, 5.74) is 2.45. The average molecular weight is 387 g/mol. The number of carbonyl (C=O) groups is 3. The van der Waals surface area contributed by atoms with Gasteiger partial charge in [-0.15, -0.1) is 0 Å². The van der Waals surface area contributed by atoms with Crippen molar-refractivity contribution in [3.8, 4) is 0 Å². The van der Waals surface area contributed by atoms with Gasteiger partial charge in [-0.1, -0.05) is 78.4 Å². The number of hydrogen-bond acceptors (Lipinski definition) is 4. The van der Waals surface area contributed by atoms with Crippen molar-refractivity contribution in [3.05, 3.63) is 107 Å². The summed E-state index contributed by atoms with van der Waals surface area (Å²) in [7, 11) is 0. The first-order valence-electron chi connectivity index (χ1n) is 9.22. The van der Waals surface area contributed by atoms with Gasteiger partial charge in [-0.05, 0) is 24.6 Å². The van der Waals surface area contributed by atoms with Crippen LogP contribution in [0.1, 0.15) is 31.8 Å². The Morgan fingerprint density at radius 3 is 2.00 bits per heavy atom. The van der Waals surface area contributed by atoms with Gasteiger partial charge in [0.15, 0.2) is 11.8 Å². The fraction of sp³-hybridized carbons (Fsp3) is 0.125. The molecule has 1 unspecified atom stereocenters. The minimum atomic E-state index is -1.44. The maximum Gasteiger partial charge on any atom is 0.337 e. The van der Waals surface area contributed by atoms with Gasteiger partial charge in [0.25, 0.3) is 5.91 Å². The van der Waals surface area contributed by atoms with Gasteiger partial charge in [-0.2, -0.15) is 0 Å². The molecule has 29 heavy (non-hydrogen) atoms. The van der Waals surface area contributed by atoms with Crippen molar-refractivity contribution < 1.29 is 19.1 Å². The summed E-state index contributed by atoms with van der Waals surface area (Å²) in [5.74, 6) is -1.84. The predicted octanol–water partition coefficient (Wildman–Crippen LogP) is 3.72. The molecule has 0 spiro atoms. The Morgan fingerprint density at radius 1 is 0.793 bits per heavy atom. The number of hydrogen-bond donors (Lipinski definition) is 1. The van der Waals surface area contributed by atoms with Crippen molar-refractivity contribution in [3.63, 3.8) is 0 Å². The summed E-state index contributed by atoms with van der Waals surface area (Å²) < 4.78 is 5.32. The molecule has 0 radical (unpaired) electrons. The highest BCUT2D eigenvalue weighted by Gasteiger charge is 2.31. The molecule has 3 rings (SSSR count). The molecule has 3 aromatic carbocycles. The van der Waals surface area contributed by atoms with Crippen LogP contribution in [0.4, 0.5) is 0 Å². The van der Waals surface area contributed by atoms with Crippen LogP contribution in [0.15, 0.2) is 84.9 Å². The highest BCUT2D eigenvalue weighted by molar-refractivity contribution is 6.14. The molecule has 3 aromatic rings. The molecule has 0 saturated carbocycles. The molecule has 0 aliphatic rings. The molecule has 0 bridgehead atoms. The lowest BCUT2D eigenvalue weighted by Gasteiger charge is -2.17. The molecule has 5 heteroatoms. The molecular weight excluding hydrogens is 366 g/mol. The maximum atomic E-state index is 13.0. The summed E-state index contributed by atoms with van der Waals surface area (Å²) >= 11 is 0. The van der Waals surface area contributed by atoms with Gasteiger partial charge >= 0.3 is 5.97 Å². The molecule has 146 valence electrons. The molecule has 0 fully saturated rings. The Morgan fingerprint density at radius 2 is 1.38 bits per heavy atom. The van der Waals surface area contributed by atoms with Crippen LogP contribution in [0.5, 0.6) is 0 Å². The zero-order chi connectivity index (χ0) is 20.6. The van der Waals surface area contributed by atoms with E-state index in [0.29, 0.717) is 11.1 Å². The van der Waals surface area contributed by atoms with Crippen LogP contribution in [-0.2, 0) is 16.1 Å². The lowest BCUT2D eigenvalue weighted by Crippen LogP contribution is -2.47. The molecule has 5 nitrogen and oxygen atoms in total. The number of esters is 1. The van der Waals surface area contributed by atoms with Crippen LogP contribution >= 0.6 is 0 Å². The summed E-state index contributed by atoms with van der Waals surface area (Å²) in [4.78, 5) is 38.2. The largest absolute Gasteiger partial charge is 0.459 e. The van der Waals surface area contributed by atoms with Gasteiger partial charge < -0.3 is 10.1 Å². The fourth-order valence-electron chi connectivity index (χ4n) is 2.73. The Balaban J connectivity index is 1.79. The number of amides is 1. The van der Waals surface area contributed by atoms with E-state index >= 15 is 0 Å². The standard InChI is InChI=1S/C24H21NO4/c1-17-12-14-19(15-13-17)22(26)21(25-23(27)20-10-6-3-7-11-20)24(28)29-16-18-8-4-2-5-9-18/h2-15,21H,16H2,1H3,(H,25,27). The lowest BCUT2D eigenvalue weighted by atomic mass is 10.0. The first-order chi connectivity index (χ1) is 14.0. The highest BCUT2D eigenvalue weighted by atomic mass is 16.5. The third kappa shape index (κ3) is 5.39. The number of aryl methyl sites for hydroxylation is 1. The molecule has 0 saturated heterocycles. The topological polar surface area (TPSA) is 72.5 Å². The van der Waals surface area contributed by atoms with Gasteiger partial charge in [0.05, 0.1) is 0 Å². The molecule has 0 aliphatic carbocycles. The van der Waals surface area contributed by atoms with E-state index in [9.17, 15) is 14.4 Å². The van der Waals surface area contributed by atoms with Crippen LogP contribution in [0.2, 0.25) is 0 Å². The lowest BCUT2D eigenvalue weighted by molar-refractivity contribution is -0.145. The number of benzene rings is 3. The number of carbonyl (C=O) groups excluding carboxylic acids is 3. The van der Waals surface area contributed by atoms with Crippen LogP contribution < -0.4 is 5.32 Å². The highest BCUT2D eigenvalue weighted by Crippen LogP contribution is 2.10. The van der Waals surface area contributed by atoms with E-state index in [1.807, 2.05) is 37.3 Å². The van der Waals surface area contributed by atoms with Gasteiger partial charge in [0.2, 0.25) is 0 Å². The normalized spacial score (nSPS) is 11.3. The van der Waals surface area contributed by atoms with E-state index < -0.39 is 23.7 Å². The number of ether oxygens (including phenoxy) is 1. The quantitative estimate of drug-likeness (QED) is 0.381. The van der Waals surface area contributed by atoms with Gasteiger partial charge in [0.1, 0.15) is 6.61 Å². The van der Waals surface area contributed by atoms with E-state index in [1.165, 1.54) is 0 Å². The Kier molecular flexibility index (Phi) is 6.53. The van der Waals surface area contributed by atoms with E-state index in [1.54, 1.807) is 54.6 Å². The molecule has 1 atom stereocenters. The van der Waals surface area contributed by atoms with E-state index in [4.69, 9.17) is 4.74 Å². The molecule has 1 N–H and O–H groups in total. The van der Waals surface area contributed by atoms with E-state index in [0.717, 1.165) is 11.1 Å². The minimum Gasteiger partial charge on any atom is -0.459 e. The van der Waals surface area contributed by atoms with Crippen LogP contribution in [-0.4, -0.2) is 23.7 Å². The Bertz CT molecular complexity index is 982. The smallest absolute Gasteiger partial charge is 0.337 e. The molecule has 0 aromatic heterocycles. The molecule has 1 amide bonds. The molecular formula is C24H21NO4. The van der Waals surface area contributed by atoms with Crippen molar-refractivity contribution in [2.24, 2.45) is 0 Å². The van der Waals surface area contributed by atoms with Crippen LogP contribution in [0, 0.1) is 6.92 Å². The molecule has 0 heterocycles. The monoisotopic (exact) mass is 387 g/mol. The first kappa shape index (κ1) is 20.0.